The van der Waals surface area contributed by atoms with Crippen LogP contribution in [0.1, 0.15) is 28.9 Å². The van der Waals surface area contributed by atoms with Gasteiger partial charge < -0.3 is 14.8 Å². The van der Waals surface area contributed by atoms with Crippen LogP contribution in [-0.2, 0) is 0 Å². The molecule has 0 radical (unpaired) electrons. The average molecular weight is 321 g/mol. The van der Waals surface area contributed by atoms with E-state index in [9.17, 15) is 13.6 Å². The van der Waals surface area contributed by atoms with Gasteiger partial charge in [0.15, 0.2) is 0 Å². The van der Waals surface area contributed by atoms with Gasteiger partial charge in [-0.25, -0.2) is 0 Å². The van der Waals surface area contributed by atoms with E-state index in [-0.39, 0.29) is 17.4 Å². The van der Waals surface area contributed by atoms with Gasteiger partial charge in [-0.05, 0) is 25.1 Å². The first kappa shape index (κ1) is 16.7. The van der Waals surface area contributed by atoms with Gasteiger partial charge in [-0.2, -0.15) is 8.78 Å². The van der Waals surface area contributed by atoms with Crippen LogP contribution >= 0.6 is 0 Å². The van der Waals surface area contributed by atoms with Crippen molar-refractivity contribution in [2.45, 2.75) is 19.6 Å². The van der Waals surface area contributed by atoms with Gasteiger partial charge in [0.2, 0.25) is 0 Å². The molecule has 2 aromatic rings. The molecule has 1 atom stereocenters. The lowest BCUT2D eigenvalue weighted by molar-refractivity contribution is -0.0501. The molecular weight excluding hydrogens is 304 g/mol. The van der Waals surface area contributed by atoms with Crippen molar-refractivity contribution in [1.29, 1.82) is 0 Å². The molecule has 0 saturated heterocycles. The molecule has 1 amide bonds. The summed E-state index contributed by atoms with van der Waals surface area (Å²) in [6.07, 6.45) is 0. The van der Waals surface area contributed by atoms with Crippen LogP contribution in [0.25, 0.3) is 0 Å². The number of alkyl halides is 2. The highest BCUT2D eigenvalue weighted by atomic mass is 19.3. The predicted octanol–water partition coefficient (Wildman–Crippen LogP) is 3.79. The van der Waals surface area contributed by atoms with E-state index < -0.39 is 12.5 Å². The Bertz CT molecular complexity index is 676. The molecule has 0 aliphatic carbocycles. The molecule has 23 heavy (non-hydrogen) atoms. The second-order valence-electron chi connectivity index (χ2n) is 4.81. The summed E-state index contributed by atoms with van der Waals surface area (Å²) in [4.78, 5) is 12.4. The van der Waals surface area contributed by atoms with Gasteiger partial charge in [0.05, 0.1) is 18.7 Å². The molecule has 0 fully saturated rings. The largest absolute Gasteiger partial charge is 0.496 e. The Balaban J connectivity index is 2.19. The number of ether oxygens (including phenoxy) is 2. The van der Waals surface area contributed by atoms with E-state index in [2.05, 4.69) is 10.1 Å². The van der Waals surface area contributed by atoms with E-state index in [0.29, 0.717) is 5.75 Å². The Hall–Kier alpha value is -2.63. The lowest BCUT2D eigenvalue weighted by Crippen LogP contribution is -2.27. The molecule has 0 spiro atoms. The Morgan fingerprint density at radius 2 is 1.65 bits per heavy atom. The van der Waals surface area contributed by atoms with Crippen LogP contribution in [0.3, 0.4) is 0 Å². The molecule has 0 bridgehead atoms. The minimum absolute atomic E-state index is 0.0505. The summed E-state index contributed by atoms with van der Waals surface area (Å²) in [5, 5.41) is 2.76. The zero-order chi connectivity index (χ0) is 16.8. The molecular formula is C17H17F2NO3. The van der Waals surface area contributed by atoms with E-state index in [4.69, 9.17) is 4.74 Å². The molecule has 0 aliphatic heterocycles. The van der Waals surface area contributed by atoms with Crippen molar-refractivity contribution in [3.8, 4) is 11.5 Å². The summed E-state index contributed by atoms with van der Waals surface area (Å²) in [5.41, 5.74) is 0.838. The zero-order valence-corrected chi connectivity index (χ0v) is 12.8. The number of halogens is 2. The molecule has 1 unspecified atom stereocenters. The van der Waals surface area contributed by atoms with Crippen LogP contribution in [0.2, 0.25) is 0 Å². The summed E-state index contributed by atoms with van der Waals surface area (Å²) < 4.78 is 34.5. The fourth-order valence-electron chi connectivity index (χ4n) is 2.23. The Kier molecular flexibility index (Phi) is 5.51. The number of para-hydroxylation sites is 2. The van der Waals surface area contributed by atoms with E-state index in [1.807, 2.05) is 18.2 Å². The summed E-state index contributed by atoms with van der Waals surface area (Å²) in [5.74, 6) is -0.0238. The van der Waals surface area contributed by atoms with Gasteiger partial charge >= 0.3 is 6.61 Å². The van der Waals surface area contributed by atoms with Crippen LogP contribution in [0.4, 0.5) is 8.78 Å². The number of hydrogen-bond acceptors (Lipinski definition) is 3. The maximum atomic E-state index is 12.4. The van der Waals surface area contributed by atoms with Crippen LogP contribution < -0.4 is 14.8 Å². The number of benzene rings is 2. The van der Waals surface area contributed by atoms with Gasteiger partial charge in [0, 0.05) is 5.56 Å². The first-order valence-electron chi connectivity index (χ1n) is 7.00. The SMILES string of the molecule is COc1ccccc1C(C)NC(=O)c1ccccc1OC(F)F. The lowest BCUT2D eigenvalue weighted by Gasteiger charge is -2.18. The van der Waals surface area contributed by atoms with E-state index in [1.54, 1.807) is 26.2 Å². The normalized spacial score (nSPS) is 11.9. The van der Waals surface area contributed by atoms with Crippen LogP contribution in [0.5, 0.6) is 11.5 Å². The molecule has 4 nitrogen and oxygen atoms in total. The smallest absolute Gasteiger partial charge is 0.387 e. The number of carbonyl (C=O) groups is 1. The number of carbonyl (C=O) groups excluding carboxylic acids is 1. The Morgan fingerprint density at radius 3 is 2.30 bits per heavy atom. The highest BCUT2D eigenvalue weighted by Gasteiger charge is 2.19. The van der Waals surface area contributed by atoms with Crippen LogP contribution in [0.15, 0.2) is 48.5 Å². The molecule has 122 valence electrons. The molecule has 0 heterocycles. The maximum absolute atomic E-state index is 12.4. The third kappa shape index (κ3) is 4.18. The average Bonchev–Trinajstić information content (AvgIpc) is 2.54. The van der Waals surface area contributed by atoms with Crippen molar-refractivity contribution in [3.63, 3.8) is 0 Å². The predicted molar refractivity (Wildman–Crippen MR) is 81.9 cm³/mol. The van der Waals surface area contributed by atoms with E-state index >= 15 is 0 Å². The fraction of sp³-hybridized carbons (Fsp3) is 0.235. The van der Waals surface area contributed by atoms with Gasteiger partial charge in [-0.1, -0.05) is 30.3 Å². The molecule has 2 aromatic carbocycles. The van der Waals surface area contributed by atoms with Crippen molar-refractivity contribution in [2.75, 3.05) is 7.11 Å². The van der Waals surface area contributed by atoms with Crippen molar-refractivity contribution in [2.24, 2.45) is 0 Å². The fourth-order valence-corrected chi connectivity index (χ4v) is 2.23. The third-order valence-corrected chi connectivity index (χ3v) is 3.30. The minimum atomic E-state index is -2.99. The summed E-state index contributed by atoms with van der Waals surface area (Å²) in [7, 11) is 1.54. The first-order valence-corrected chi connectivity index (χ1v) is 7.00. The summed E-state index contributed by atoms with van der Waals surface area (Å²) >= 11 is 0. The number of rotatable bonds is 6. The van der Waals surface area contributed by atoms with Crippen LogP contribution in [0, 0.1) is 0 Å². The summed E-state index contributed by atoms with van der Waals surface area (Å²) in [6, 6.07) is 12.8. The lowest BCUT2D eigenvalue weighted by atomic mass is 10.1. The zero-order valence-electron chi connectivity index (χ0n) is 12.8. The van der Waals surface area contributed by atoms with E-state index in [1.165, 1.54) is 18.2 Å². The minimum Gasteiger partial charge on any atom is -0.496 e. The summed E-state index contributed by atoms with van der Waals surface area (Å²) in [6.45, 7) is -1.21. The quantitative estimate of drug-likeness (QED) is 0.880. The van der Waals surface area contributed by atoms with Crippen molar-refractivity contribution < 1.29 is 23.0 Å². The number of nitrogens with one attached hydrogen (secondary N) is 1. The van der Waals surface area contributed by atoms with Crippen molar-refractivity contribution in [1.82, 2.24) is 5.32 Å². The topological polar surface area (TPSA) is 47.6 Å². The molecule has 0 saturated carbocycles. The molecule has 2 rings (SSSR count). The van der Waals surface area contributed by atoms with Crippen molar-refractivity contribution >= 4 is 5.91 Å². The maximum Gasteiger partial charge on any atom is 0.387 e. The second kappa shape index (κ2) is 7.58. The van der Waals surface area contributed by atoms with Gasteiger partial charge in [-0.3, -0.25) is 4.79 Å². The molecule has 6 heteroatoms. The van der Waals surface area contributed by atoms with Crippen molar-refractivity contribution in [3.05, 3.63) is 59.7 Å². The highest BCUT2D eigenvalue weighted by molar-refractivity contribution is 5.97. The second-order valence-corrected chi connectivity index (χ2v) is 4.81. The monoisotopic (exact) mass is 321 g/mol. The third-order valence-electron chi connectivity index (χ3n) is 3.30. The van der Waals surface area contributed by atoms with Gasteiger partial charge in [0.25, 0.3) is 5.91 Å². The van der Waals surface area contributed by atoms with E-state index in [0.717, 1.165) is 5.56 Å². The van der Waals surface area contributed by atoms with Gasteiger partial charge in [-0.15, -0.1) is 0 Å². The molecule has 0 aliphatic rings. The number of methoxy groups -OCH3 is 1. The molecule has 0 aromatic heterocycles. The highest BCUT2D eigenvalue weighted by Crippen LogP contribution is 2.26. The van der Waals surface area contributed by atoms with Gasteiger partial charge in [0.1, 0.15) is 11.5 Å². The molecule has 1 N–H and O–H groups in total. The number of hydrogen-bond donors (Lipinski definition) is 1. The van der Waals surface area contributed by atoms with Crippen LogP contribution in [-0.4, -0.2) is 19.6 Å². The Labute approximate surface area is 133 Å². The first-order chi connectivity index (χ1) is 11.0. The Morgan fingerprint density at radius 1 is 1.04 bits per heavy atom. The number of amides is 1. The standard InChI is InChI=1S/C17H17F2NO3/c1-11(12-7-3-5-9-14(12)22-2)20-16(21)13-8-4-6-10-15(13)23-17(18)19/h3-11,17H,1-2H3,(H,20,21).